The monoisotopic (exact) mass is 988 g/mol. The second-order valence-electron chi connectivity index (χ2n) is 18.4. The number of aliphatic hydroxyl groups is 1. The van der Waals surface area contributed by atoms with Crippen molar-refractivity contribution in [3.63, 3.8) is 0 Å². The largest absolute Gasteiger partial charge is 0.497 e. The van der Waals surface area contributed by atoms with Crippen molar-refractivity contribution in [2.45, 2.75) is 0 Å². The number of nitrogens with zero attached hydrogens (tertiary/aromatic N) is 8. The van der Waals surface area contributed by atoms with Crippen LogP contribution in [0.4, 0.5) is 0 Å². The Kier molecular flexibility index (Phi) is 11.8. The minimum atomic E-state index is -0.0821. The molecule has 0 radical (unpaired) electrons. The van der Waals surface area contributed by atoms with Crippen LogP contribution in [0, 0.1) is 0 Å². The van der Waals surface area contributed by atoms with Crippen LogP contribution in [-0.4, -0.2) is 70.3 Å². The van der Waals surface area contributed by atoms with Crippen molar-refractivity contribution < 1.29 is 19.0 Å². The number of nitrogens with one attached hydrogen (secondary N) is 2. The summed E-state index contributed by atoms with van der Waals surface area (Å²) in [6, 6.07) is 32.1. The highest BCUT2D eigenvalue weighted by atomic mass is 35.5. The average molecular weight is 990 g/mol. The second kappa shape index (κ2) is 19.1. The summed E-state index contributed by atoms with van der Waals surface area (Å²) in [6.07, 6.45) is 29.0. The molecule has 0 aliphatic carbocycles. The molecule has 0 fully saturated rings. The van der Waals surface area contributed by atoms with Gasteiger partial charge in [0.1, 0.15) is 19.8 Å². The summed E-state index contributed by atoms with van der Waals surface area (Å²) in [5.41, 5.74) is 16.5. The van der Waals surface area contributed by atoms with Gasteiger partial charge in [-0.1, -0.05) is 23.7 Å². The molecule has 0 amide bonds. The Hall–Kier alpha value is -9.26. The van der Waals surface area contributed by atoms with Crippen LogP contribution in [0.15, 0.2) is 236 Å². The van der Waals surface area contributed by atoms with Gasteiger partial charge in [0.2, 0.25) is 5.90 Å². The summed E-state index contributed by atoms with van der Waals surface area (Å²) in [5, 5.41) is 14.7. The molecule has 3 N–H and O–H groups in total. The van der Waals surface area contributed by atoms with Crippen LogP contribution in [0.5, 0.6) is 5.75 Å². The number of halogens is 1. The zero-order chi connectivity index (χ0) is 50.5. The Labute approximate surface area is 432 Å². The Morgan fingerprint density at radius 1 is 0.595 bits per heavy atom. The Balaban J connectivity index is 0.965. The molecule has 12 nitrogen and oxygen atoms in total. The van der Waals surface area contributed by atoms with Crippen LogP contribution in [0.3, 0.4) is 0 Å². The third-order valence-corrected chi connectivity index (χ3v) is 13.8. The number of ether oxygens (including phenoxy) is 1. The topological polar surface area (TPSA) is 134 Å². The zero-order valence-electron chi connectivity index (χ0n) is 41.0. The van der Waals surface area contributed by atoms with Crippen LogP contribution in [0.25, 0.3) is 38.5 Å². The van der Waals surface area contributed by atoms with E-state index in [1.807, 2.05) is 108 Å². The summed E-state index contributed by atoms with van der Waals surface area (Å²) in [4.78, 5) is 35.2. The molecule has 5 aliphatic heterocycles. The summed E-state index contributed by atoms with van der Waals surface area (Å²) in [5.74, 6) is 0.643. The van der Waals surface area contributed by atoms with Crippen LogP contribution >= 0.6 is 11.6 Å². The molecule has 74 heavy (non-hydrogen) atoms. The number of aromatic amines is 2. The average Bonchev–Trinajstić information content (AvgIpc) is 4.28. The lowest BCUT2D eigenvalue weighted by Crippen LogP contribution is -2.26. The fraction of sp³-hybridized carbons (Fsp3) is 0.0984. The van der Waals surface area contributed by atoms with E-state index >= 15 is 0 Å². The number of hydrogen-bond donors (Lipinski definition) is 3. The van der Waals surface area contributed by atoms with Gasteiger partial charge < -0.3 is 24.7 Å². The van der Waals surface area contributed by atoms with Gasteiger partial charge in [-0.2, -0.15) is 0 Å². The number of methoxy groups -OCH3 is 1. The maximum Gasteiger partial charge on any atom is 0.213 e. The number of hydrogen-bond acceptors (Lipinski definition) is 7. The number of allylic oxidation sites excluding steroid dienone is 11. The van der Waals surface area contributed by atoms with E-state index < -0.39 is 0 Å². The van der Waals surface area contributed by atoms with Crippen molar-refractivity contribution in [2.75, 3.05) is 27.2 Å². The molecule has 12 rings (SSSR count). The maximum atomic E-state index is 11.4. The molecule has 13 heteroatoms. The fourth-order valence-corrected chi connectivity index (χ4v) is 9.96. The third kappa shape index (κ3) is 8.71. The first-order chi connectivity index (χ1) is 36.1. The molecule has 0 unspecified atom stereocenters. The minimum Gasteiger partial charge on any atom is -0.497 e. The lowest BCUT2D eigenvalue weighted by molar-refractivity contribution is -0.671. The molecule has 0 saturated carbocycles. The number of H-pyrrole nitrogens is 2. The normalized spacial score (nSPS) is 16.5. The number of aliphatic hydroxyl groups excluding tert-OH is 1. The number of aryl methyl sites for hydroxylation is 2. The minimum absolute atomic E-state index is 0.0821. The number of pyridine rings is 3. The summed E-state index contributed by atoms with van der Waals surface area (Å²) >= 11 is 6.39. The van der Waals surface area contributed by atoms with Crippen LogP contribution in [0.1, 0.15) is 33.6 Å². The predicted octanol–water partition coefficient (Wildman–Crippen LogP) is 10.1. The molecule has 0 atom stereocenters. The lowest BCUT2D eigenvalue weighted by atomic mass is 9.97. The van der Waals surface area contributed by atoms with Crippen LogP contribution in [-0.2, 0) is 14.1 Å². The molecule has 360 valence electrons. The lowest BCUT2D eigenvalue weighted by Gasteiger charge is -2.16. The van der Waals surface area contributed by atoms with Crippen molar-refractivity contribution in [1.82, 2.24) is 14.9 Å². The highest BCUT2D eigenvalue weighted by Gasteiger charge is 2.28. The predicted molar refractivity (Wildman–Crippen MR) is 296 cm³/mol. The first-order valence-corrected chi connectivity index (χ1v) is 24.6. The van der Waals surface area contributed by atoms with Crippen molar-refractivity contribution in [2.24, 2.45) is 39.1 Å². The van der Waals surface area contributed by atoms with E-state index in [0.717, 1.165) is 123 Å². The van der Waals surface area contributed by atoms with Gasteiger partial charge in [0.25, 0.3) is 0 Å². The van der Waals surface area contributed by atoms with E-state index in [9.17, 15) is 5.11 Å². The molecule has 4 aromatic heterocycles. The highest BCUT2D eigenvalue weighted by Crippen LogP contribution is 2.38. The fourth-order valence-electron chi connectivity index (χ4n) is 9.79. The molecule has 8 bridgehead atoms. The zero-order valence-corrected chi connectivity index (χ0v) is 41.8. The Morgan fingerprint density at radius 2 is 1.16 bits per heavy atom. The molecular formula is C61H49ClN10O2+2. The van der Waals surface area contributed by atoms with Gasteiger partial charge in [0, 0.05) is 110 Å². The van der Waals surface area contributed by atoms with Crippen molar-refractivity contribution >= 4 is 73.2 Å². The van der Waals surface area contributed by atoms with Gasteiger partial charge in [0.15, 0.2) is 24.8 Å². The molecular weight excluding hydrogens is 940 g/mol. The molecule has 7 aromatic rings. The highest BCUT2D eigenvalue weighted by molar-refractivity contribution is 6.36. The summed E-state index contributed by atoms with van der Waals surface area (Å²) in [7, 11) is 7.69. The quantitative estimate of drug-likeness (QED) is 0.0460. The van der Waals surface area contributed by atoms with E-state index in [1.54, 1.807) is 7.11 Å². The van der Waals surface area contributed by atoms with E-state index in [2.05, 4.69) is 125 Å². The summed E-state index contributed by atoms with van der Waals surface area (Å²) in [6.45, 7) is 0.593. The maximum absolute atomic E-state index is 11.4. The van der Waals surface area contributed by atoms with E-state index in [-0.39, 0.29) is 12.4 Å². The molecule has 3 aromatic carbocycles. The van der Waals surface area contributed by atoms with Crippen molar-refractivity contribution in [3.8, 4) is 5.75 Å². The number of fused-ring (bicyclic) bond motifs is 7. The van der Waals surface area contributed by atoms with E-state index in [0.29, 0.717) is 17.1 Å². The SMILES string of the molecule is COc1ccc2[nH]c3cc(Cl)ccc3c(=NCCN=C(O)c3ccc(C4=C5C=CC(=N5)C(=C5C=CN(C)C=C5)C5=NC(=C(c6cc[n+](C)cc6)c6ccc([nH]6)C(c6cc[n+](C)cc6)=C6C=CC4=N6)C=C5)cc3)c2c1. The smallest absolute Gasteiger partial charge is 0.213 e. The van der Waals surface area contributed by atoms with Crippen molar-refractivity contribution in [3.05, 3.63) is 255 Å². The first kappa shape index (κ1) is 45.9. The van der Waals surface area contributed by atoms with Gasteiger partial charge in [-0.05, 0) is 132 Å². The standard InChI is InChI=1S/C61H48ClN10O2/c1-70-29-21-38(22-30-70)57-49-15-13-47(66-49)56(37-5-7-41(8-6-37)61(73)64-28-27-63-60-44-11-9-42(62)35-55(44)65-46-12-10-43(74-4)36-45(46)60)48-14-16-50(67-48)58(39-23-31-71(2)32-24-39)52-18-20-54(69-52)59(53-19-17-51(57)68-53)40-25-33-72(3)34-26-40/h5-26,29-36H,27-28H2,1-4H3,(H2-,63,64,65,66,67,68,69,73)/q+1/p+1. The van der Waals surface area contributed by atoms with Gasteiger partial charge in [-0.15, -0.1) is 0 Å². The van der Waals surface area contributed by atoms with Crippen molar-refractivity contribution in [1.29, 1.82) is 0 Å². The molecule has 9 heterocycles. The molecule has 5 aliphatic rings. The number of rotatable bonds is 8. The van der Waals surface area contributed by atoms with Gasteiger partial charge in [-0.3, -0.25) is 4.99 Å². The van der Waals surface area contributed by atoms with Gasteiger partial charge in [0.05, 0.1) is 59.8 Å². The van der Waals surface area contributed by atoms with E-state index in [4.69, 9.17) is 36.3 Å². The molecule has 0 saturated heterocycles. The van der Waals surface area contributed by atoms with Crippen LogP contribution < -0.4 is 19.2 Å². The number of benzene rings is 3. The number of aromatic nitrogens is 4. The van der Waals surface area contributed by atoms with E-state index in [1.165, 1.54) is 0 Å². The second-order valence-corrected chi connectivity index (χ2v) is 18.9. The first-order valence-electron chi connectivity index (χ1n) is 24.3. The third-order valence-electron chi connectivity index (χ3n) is 13.5. The Morgan fingerprint density at radius 3 is 1.76 bits per heavy atom. The van der Waals surface area contributed by atoms with Gasteiger partial charge in [-0.25, -0.2) is 29.1 Å². The van der Waals surface area contributed by atoms with Crippen LogP contribution in [0.2, 0.25) is 5.02 Å². The Bertz CT molecular complexity index is 4000. The molecule has 0 spiro atoms. The summed E-state index contributed by atoms with van der Waals surface area (Å²) < 4.78 is 9.61. The van der Waals surface area contributed by atoms with Gasteiger partial charge >= 0.3 is 0 Å². The number of aliphatic imine (C=N–C) groups is 4.